The van der Waals surface area contributed by atoms with E-state index in [0.29, 0.717) is 24.1 Å². The van der Waals surface area contributed by atoms with Crippen molar-refractivity contribution in [2.45, 2.75) is 32.5 Å². The number of hydrogen-bond donors (Lipinski definition) is 1. The number of aliphatic hydroxyl groups is 1. The molecule has 8 heteroatoms. The highest BCUT2D eigenvalue weighted by Gasteiger charge is 2.31. The Bertz CT molecular complexity index is 941. The molecule has 31 heavy (non-hydrogen) atoms. The molecule has 3 heterocycles. The highest BCUT2D eigenvalue weighted by molar-refractivity contribution is 5.43. The Labute approximate surface area is 183 Å². The number of nitriles is 1. The predicted octanol–water partition coefficient (Wildman–Crippen LogP) is 1.76. The minimum Gasteiger partial charge on any atom is -0.493 e. The lowest BCUT2D eigenvalue weighted by Crippen LogP contribution is -2.51. The van der Waals surface area contributed by atoms with Gasteiger partial charge in [-0.15, -0.1) is 0 Å². The molecular weight excluding hydrogens is 394 g/mol. The van der Waals surface area contributed by atoms with Gasteiger partial charge < -0.3 is 14.6 Å². The fourth-order valence-corrected chi connectivity index (χ4v) is 4.37. The second-order valence-corrected chi connectivity index (χ2v) is 8.71. The summed E-state index contributed by atoms with van der Waals surface area (Å²) in [6.45, 7) is 9.05. The highest BCUT2D eigenvalue weighted by atomic mass is 16.5. The molecule has 0 aliphatic carbocycles. The van der Waals surface area contributed by atoms with Crippen LogP contribution in [0.4, 0.5) is 0 Å². The Morgan fingerprint density at radius 1 is 1.16 bits per heavy atom. The van der Waals surface area contributed by atoms with Crippen molar-refractivity contribution in [3.8, 4) is 17.6 Å². The van der Waals surface area contributed by atoms with Gasteiger partial charge in [0.15, 0.2) is 11.5 Å². The van der Waals surface area contributed by atoms with Gasteiger partial charge >= 0.3 is 0 Å². The number of likely N-dealkylation sites (tertiary alicyclic amines) is 2. The molecule has 2 fully saturated rings. The maximum Gasteiger partial charge on any atom is 0.161 e. The van der Waals surface area contributed by atoms with Crippen molar-refractivity contribution in [2.75, 3.05) is 46.4 Å². The summed E-state index contributed by atoms with van der Waals surface area (Å²) in [4.78, 5) is 4.45. The zero-order chi connectivity index (χ0) is 22.0. The molecule has 4 rings (SSSR count). The Kier molecular flexibility index (Phi) is 6.46. The van der Waals surface area contributed by atoms with Crippen LogP contribution in [0.1, 0.15) is 23.0 Å². The van der Waals surface area contributed by atoms with Crippen LogP contribution in [0.5, 0.6) is 11.5 Å². The third-order valence-corrected chi connectivity index (χ3v) is 6.00. The Balaban J connectivity index is 1.25. The molecule has 1 atom stereocenters. The molecule has 0 bridgehead atoms. The number of ether oxygens (including phenoxy) is 2. The molecule has 2 aliphatic rings. The van der Waals surface area contributed by atoms with Gasteiger partial charge in [0.2, 0.25) is 0 Å². The quantitative estimate of drug-likeness (QED) is 0.655. The lowest BCUT2D eigenvalue weighted by Gasteiger charge is -2.40. The van der Waals surface area contributed by atoms with Gasteiger partial charge in [-0.25, -0.2) is 0 Å². The number of hydrogen-bond acceptors (Lipinski definition) is 7. The van der Waals surface area contributed by atoms with Crippen molar-refractivity contribution in [1.82, 2.24) is 19.6 Å². The molecule has 1 unspecified atom stereocenters. The third kappa shape index (κ3) is 5.01. The van der Waals surface area contributed by atoms with Gasteiger partial charge in [0, 0.05) is 45.0 Å². The summed E-state index contributed by atoms with van der Waals surface area (Å²) in [5, 5.41) is 24.0. The van der Waals surface area contributed by atoms with E-state index in [1.165, 1.54) is 5.69 Å². The Morgan fingerprint density at radius 2 is 1.94 bits per heavy atom. The monoisotopic (exact) mass is 425 g/mol. The van der Waals surface area contributed by atoms with Gasteiger partial charge in [0.1, 0.15) is 12.7 Å². The number of aliphatic hydroxyl groups excluding tert-OH is 1. The molecule has 0 saturated carbocycles. The van der Waals surface area contributed by atoms with Gasteiger partial charge in [-0.1, -0.05) is 6.07 Å². The number of aryl methyl sites for hydroxylation is 2. The second kappa shape index (κ2) is 9.27. The zero-order valence-electron chi connectivity index (χ0n) is 18.5. The van der Waals surface area contributed by atoms with Crippen molar-refractivity contribution in [3.63, 3.8) is 0 Å². The van der Waals surface area contributed by atoms with Gasteiger partial charge in [-0.05, 0) is 37.6 Å². The molecule has 1 aromatic carbocycles. The zero-order valence-corrected chi connectivity index (χ0v) is 18.5. The van der Waals surface area contributed by atoms with Gasteiger partial charge in [0.05, 0.1) is 30.8 Å². The molecule has 1 N–H and O–H groups in total. The maximum absolute atomic E-state index is 10.5. The molecule has 1 aromatic heterocycles. The van der Waals surface area contributed by atoms with Crippen LogP contribution in [0, 0.1) is 31.1 Å². The summed E-state index contributed by atoms with van der Waals surface area (Å²) in [6.07, 6.45) is -0.582. The maximum atomic E-state index is 10.5. The summed E-state index contributed by atoms with van der Waals surface area (Å²) in [6, 6.07) is 10.6. The molecule has 2 aliphatic heterocycles. The Morgan fingerprint density at radius 3 is 2.58 bits per heavy atom. The van der Waals surface area contributed by atoms with Gasteiger partial charge in [-0.3, -0.25) is 14.5 Å². The molecule has 2 saturated heterocycles. The summed E-state index contributed by atoms with van der Waals surface area (Å²) >= 11 is 0. The summed E-state index contributed by atoms with van der Waals surface area (Å²) in [5.41, 5.74) is 3.33. The van der Waals surface area contributed by atoms with Crippen LogP contribution in [-0.2, 0) is 6.54 Å². The van der Waals surface area contributed by atoms with Crippen molar-refractivity contribution >= 4 is 0 Å². The van der Waals surface area contributed by atoms with Crippen LogP contribution in [-0.4, -0.2) is 77.2 Å². The molecular formula is C23H31N5O3. The van der Waals surface area contributed by atoms with E-state index in [0.717, 1.165) is 44.0 Å². The molecule has 166 valence electrons. The van der Waals surface area contributed by atoms with E-state index >= 15 is 0 Å². The van der Waals surface area contributed by atoms with E-state index in [1.54, 1.807) is 7.11 Å². The average Bonchev–Trinajstić information content (AvgIpc) is 3.02. The third-order valence-electron chi connectivity index (χ3n) is 6.00. The van der Waals surface area contributed by atoms with Crippen LogP contribution in [0.2, 0.25) is 0 Å². The fraction of sp³-hybridized carbons (Fsp3) is 0.565. The first-order valence-electron chi connectivity index (χ1n) is 10.8. The smallest absolute Gasteiger partial charge is 0.161 e. The van der Waals surface area contributed by atoms with Gasteiger partial charge in [-0.2, -0.15) is 10.4 Å². The number of rotatable bonds is 9. The molecule has 0 radical (unpaired) electrons. The minimum atomic E-state index is -0.582. The number of nitrogens with zero attached hydrogens (tertiary/aromatic N) is 5. The van der Waals surface area contributed by atoms with Crippen LogP contribution >= 0.6 is 0 Å². The first-order chi connectivity index (χ1) is 14.9. The Hall–Kier alpha value is -2.60. The lowest BCUT2D eigenvalue weighted by atomic mass is 10.0. The molecule has 0 spiro atoms. The van der Waals surface area contributed by atoms with Crippen molar-refractivity contribution in [1.29, 1.82) is 5.26 Å². The average molecular weight is 426 g/mol. The van der Waals surface area contributed by atoms with Crippen LogP contribution in [0.25, 0.3) is 0 Å². The number of aromatic nitrogens is 2. The summed E-state index contributed by atoms with van der Waals surface area (Å²) in [5.74, 6) is 1.44. The SMILES string of the molecule is COc1ccc(CN2CC(C#N)C2)cc1OCC(O)CN1CC(n2nc(C)cc2C)C1. The normalized spacial score (nSPS) is 18.8. The van der Waals surface area contributed by atoms with Crippen LogP contribution in [0.15, 0.2) is 24.3 Å². The summed E-state index contributed by atoms with van der Waals surface area (Å²) < 4.78 is 13.4. The predicted molar refractivity (Wildman–Crippen MR) is 116 cm³/mol. The first kappa shape index (κ1) is 21.6. The largest absolute Gasteiger partial charge is 0.493 e. The topological polar surface area (TPSA) is 86.8 Å². The van der Waals surface area contributed by atoms with Crippen molar-refractivity contribution in [3.05, 3.63) is 41.2 Å². The minimum absolute atomic E-state index is 0.145. The van der Waals surface area contributed by atoms with E-state index < -0.39 is 6.10 Å². The van der Waals surface area contributed by atoms with E-state index in [9.17, 15) is 5.11 Å². The van der Waals surface area contributed by atoms with Gasteiger partial charge in [0.25, 0.3) is 0 Å². The van der Waals surface area contributed by atoms with Crippen LogP contribution in [0.3, 0.4) is 0 Å². The highest BCUT2D eigenvalue weighted by Crippen LogP contribution is 2.30. The van der Waals surface area contributed by atoms with E-state index in [1.807, 2.05) is 25.1 Å². The number of benzene rings is 1. The molecule has 2 aromatic rings. The fourth-order valence-electron chi connectivity index (χ4n) is 4.37. The lowest BCUT2D eigenvalue weighted by molar-refractivity contribution is 0.0195. The second-order valence-electron chi connectivity index (χ2n) is 8.71. The molecule has 0 amide bonds. The van der Waals surface area contributed by atoms with Crippen molar-refractivity contribution < 1.29 is 14.6 Å². The number of methoxy groups -OCH3 is 1. The van der Waals surface area contributed by atoms with Crippen LogP contribution < -0.4 is 9.47 Å². The number of β-amino-alcohol motifs (C(OH)–C–C–N with tert-alkyl or cyclic N) is 1. The van der Waals surface area contributed by atoms with Crippen molar-refractivity contribution in [2.24, 2.45) is 5.92 Å². The van der Waals surface area contributed by atoms with E-state index in [4.69, 9.17) is 14.7 Å². The summed E-state index contributed by atoms with van der Waals surface area (Å²) in [7, 11) is 1.62. The standard InChI is InChI=1S/C23H31N5O3/c1-16-6-17(2)28(25-16)20-12-27(13-20)14-21(29)15-31-23-7-18(4-5-22(23)30-3)9-26-10-19(8-24)11-26/h4-7,19-21,29H,9-15H2,1-3H3. The molecule has 8 nitrogen and oxygen atoms in total. The van der Waals surface area contributed by atoms with E-state index in [-0.39, 0.29) is 12.5 Å². The van der Waals surface area contributed by atoms with E-state index in [2.05, 4.69) is 38.6 Å². The first-order valence-corrected chi connectivity index (χ1v) is 10.8.